The van der Waals surface area contributed by atoms with Crippen LogP contribution in [0.3, 0.4) is 0 Å². The number of nitrogens with two attached hydrogens (primary N) is 1. The molecule has 0 unspecified atom stereocenters. The summed E-state index contributed by atoms with van der Waals surface area (Å²) in [7, 11) is 0. The first-order valence-corrected chi connectivity index (χ1v) is 11.3. The van der Waals surface area contributed by atoms with Crippen molar-refractivity contribution in [2.45, 2.75) is 25.9 Å². The van der Waals surface area contributed by atoms with Crippen LogP contribution in [0.5, 0.6) is 0 Å². The van der Waals surface area contributed by atoms with Gasteiger partial charge in [-0.3, -0.25) is 0 Å². The molecule has 2 aromatic heterocycles. The number of nitriles is 1. The molecule has 2 aromatic carbocycles. The van der Waals surface area contributed by atoms with Crippen LogP contribution < -0.4 is 15.5 Å². The van der Waals surface area contributed by atoms with Crippen molar-refractivity contribution >= 4 is 17.7 Å². The fourth-order valence-corrected chi connectivity index (χ4v) is 4.66. The molecular weight excluding hydrogens is 426 g/mol. The van der Waals surface area contributed by atoms with Gasteiger partial charge in [-0.2, -0.15) is 30.0 Å². The van der Waals surface area contributed by atoms with Crippen molar-refractivity contribution in [2.24, 2.45) is 0 Å². The molecule has 0 saturated heterocycles. The molecule has 2 aliphatic heterocycles. The highest BCUT2D eigenvalue weighted by atomic mass is 15.4. The highest BCUT2D eigenvalue weighted by Crippen LogP contribution is 2.27. The Morgan fingerprint density at radius 2 is 1.24 bits per heavy atom. The minimum absolute atomic E-state index is 0.221. The lowest BCUT2D eigenvalue weighted by atomic mass is 10.0. The average Bonchev–Trinajstić information content (AvgIpc) is 3.28. The standard InChI is InChI=1S/C25H23N9/c26-13-21-14-28-34(22(21)27)25-30-23(32-11-9-17-5-1-3-7-19(17)15-32)29-24(31-25)33-12-10-18-6-2-4-8-20(18)16-33/h1-8,14H,9-12,15-16,27H2. The third kappa shape index (κ3) is 3.49. The van der Waals surface area contributed by atoms with E-state index >= 15 is 0 Å². The first-order valence-electron chi connectivity index (χ1n) is 11.3. The predicted molar refractivity (Wildman–Crippen MR) is 128 cm³/mol. The van der Waals surface area contributed by atoms with Crippen LogP contribution in [0.15, 0.2) is 54.7 Å². The Hall–Kier alpha value is -4.45. The average molecular weight is 450 g/mol. The molecule has 6 rings (SSSR count). The first kappa shape index (κ1) is 20.2. The maximum Gasteiger partial charge on any atom is 0.259 e. The summed E-state index contributed by atoms with van der Waals surface area (Å²) in [4.78, 5) is 18.7. The summed E-state index contributed by atoms with van der Waals surface area (Å²) in [5.41, 5.74) is 11.7. The third-order valence-corrected chi connectivity index (χ3v) is 6.54. The lowest BCUT2D eigenvalue weighted by molar-refractivity contribution is 0.669. The number of nitrogen functional groups attached to an aromatic ring is 1. The Kier molecular flexibility index (Phi) is 4.84. The van der Waals surface area contributed by atoms with Gasteiger partial charge in [-0.25, -0.2) is 0 Å². The molecule has 4 aromatic rings. The maximum atomic E-state index is 9.33. The van der Waals surface area contributed by atoms with E-state index in [0.29, 0.717) is 23.4 Å². The largest absolute Gasteiger partial charge is 0.382 e. The fourth-order valence-electron chi connectivity index (χ4n) is 4.66. The van der Waals surface area contributed by atoms with Crippen LogP contribution in [0, 0.1) is 11.3 Å². The number of fused-ring (bicyclic) bond motifs is 2. The van der Waals surface area contributed by atoms with E-state index in [1.54, 1.807) is 0 Å². The highest BCUT2D eigenvalue weighted by molar-refractivity contribution is 5.53. The first-order chi connectivity index (χ1) is 16.7. The normalized spacial score (nSPS) is 14.9. The molecule has 0 saturated carbocycles. The van der Waals surface area contributed by atoms with Gasteiger partial charge in [-0.15, -0.1) is 0 Å². The van der Waals surface area contributed by atoms with Gasteiger partial charge in [0, 0.05) is 26.2 Å². The summed E-state index contributed by atoms with van der Waals surface area (Å²) in [6, 6.07) is 19.0. The summed E-state index contributed by atoms with van der Waals surface area (Å²) in [6.45, 7) is 3.06. The van der Waals surface area contributed by atoms with E-state index in [0.717, 1.165) is 39.0 Å². The third-order valence-electron chi connectivity index (χ3n) is 6.54. The molecule has 2 N–H and O–H groups in total. The number of hydrogen-bond donors (Lipinski definition) is 1. The van der Waals surface area contributed by atoms with Crippen LogP contribution in [0.2, 0.25) is 0 Å². The molecular formula is C25H23N9. The lowest BCUT2D eigenvalue weighted by Crippen LogP contribution is -2.35. The number of rotatable bonds is 3. The Balaban J connectivity index is 1.42. The molecule has 0 radical (unpaired) electrons. The van der Waals surface area contributed by atoms with E-state index in [9.17, 15) is 5.26 Å². The van der Waals surface area contributed by atoms with Gasteiger partial charge in [0.2, 0.25) is 11.9 Å². The van der Waals surface area contributed by atoms with Crippen molar-refractivity contribution in [3.63, 3.8) is 0 Å². The number of benzene rings is 2. The Bertz CT molecular complexity index is 1340. The van der Waals surface area contributed by atoms with Crippen LogP contribution in [-0.2, 0) is 25.9 Å². The van der Waals surface area contributed by atoms with E-state index in [1.165, 1.54) is 33.1 Å². The fraction of sp³-hybridized carbons (Fsp3) is 0.240. The summed E-state index contributed by atoms with van der Waals surface area (Å²) in [6.07, 6.45) is 3.28. The van der Waals surface area contributed by atoms with Gasteiger partial charge in [0.1, 0.15) is 17.5 Å². The zero-order valence-electron chi connectivity index (χ0n) is 18.6. The zero-order chi connectivity index (χ0) is 23.1. The molecule has 4 heterocycles. The van der Waals surface area contributed by atoms with Crippen molar-refractivity contribution in [2.75, 3.05) is 28.6 Å². The van der Waals surface area contributed by atoms with Crippen molar-refractivity contribution in [3.8, 4) is 12.0 Å². The summed E-state index contributed by atoms with van der Waals surface area (Å²) < 4.78 is 1.42. The topological polar surface area (TPSA) is 113 Å². The Labute approximate surface area is 197 Å². The Morgan fingerprint density at radius 3 is 1.74 bits per heavy atom. The van der Waals surface area contributed by atoms with Crippen LogP contribution in [-0.4, -0.2) is 37.8 Å². The molecule has 0 spiro atoms. The van der Waals surface area contributed by atoms with Crippen molar-refractivity contribution in [3.05, 3.63) is 82.5 Å². The van der Waals surface area contributed by atoms with Gasteiger partial charge in [-0.1, -0.05) is 48.5 Å². The van der Waals surface area contributed by atoms with Crippen molar-refractivity contribution < 1.29 is 0 Å². The maximum absolute atomic E-state index is 9.33. The minimum Gasteiger partial charge on any atom is -0.382 e. The zero-order valence-corrected chi connectivity index (χ0v) is 18.6. The van der Waals surface area contributed by atoms with Crippen molar-refractivity contribution in [1.29, 1.82) is 5.26 Å². The molecule has 0 fully saturated rings. The van der Waals surface area contributed by atoms with Crippen LogP contribution >= 0.6 is 0 Å². The molecule has 168 valence electrons. The molecule has 9 nitrogen and oxygen atoms in total. The lowest BCUT2D eigenvalue weighted by Gasteiger charge is -2.31. The van der Waals surface area contributed by atoms with E-state index in [-0.39, 0.29) is 5.82 Å². The molecule has 0 amide bonds. The van der Waals surface area contributed by atoms with Crippen LogP contribution in [0.1, 0.15) is 27.8 Å². The van der Waals surface area contributed by atoms with E-state index in [1.807, 2.05) is 0 Å². The summed E-state index contributed by atoms with van der Waals surface area (Å²) in [5, 5.41) is 13.6. The quantitative estimate of drug-likeness (QED) is 0.508. The monoisotopic (exact) mass is 449 g/mol. The van der Waals surface area contributed by atoms with Crippen LogP contribution in [0.25, 0.3) is 5.95 Å². The summed E-state index contributed by atoms with van der Waals surface area (Å²) >= 11 is 0. The second kappa shape index (κ2) is 8.15. The smallest absolute Gasteiger partial charge is 0.259 e. The molecule has 0 aliphatic carbocycles. The number of hydrogen-bond acceptors (Lipinski definition) is 8. The molecule has 9 heteroatoms. The second-order valence-electron chi connectivity index (χ2n) is 8.58. The van der Waals surface area contributed by atoms with Gasteiger partial charge in [0.05, 0.1) is 6.20 Å². The molecule has 0 bridgehead atoms. The second-order valence-corrected chi connectivity index (χ2v) is 8.58. The highest BCUT2D eigenvalue weighted by Gasteiger charge is 2.25. The van der Waals surface area contributed by atoms with Gasteiger partial charge in [0.15, 0.2) is 0 Å². The predicted octanol–water partition coefficient (Wildman–Crippen LogP) is 2.64. The molecule has 0 atom stereocenters. The van der Waals surface area contributed by atoms with Gasteiger partial charge >= 0.3 is 0 Å². The van der Waals surface area contributed by atoms with Crippen molar-refractivity contribution in [1.82, 2.24) is 24.7 Å². The van der Waals surface area contributed by atoms with Gasteiger partial charge < -0.3 is 15.5 Å². The number of anilines is 3. The Morgan fingerprint density at radius 1 is 0.735 bits per heavy atom. The van der Waals surface area contributed by atoms with E-state index < -0.39 is 0 Å². The minimum atomic E-state index is 0.221. The van der Waals surface area contributed by atoms with E-state index in [2.05, 4.69) is 69.5 Å². The van der Waals surface area contributed by atoms with Gasteiger partial charge in [-0.05, 0) is 35.1 Å². The van der Waals surface area contributed by atoms with Gasteiger partial charge in [0.25, 0.3) is 5.95 Å². The SMILES string of the molecule is N#Cc1cnn(-c2nc(N3CCc4ccccc4C3)nc(N3CCc4ccccc4C3)n2)c1N. The molecule has 34 heavy (non-hydrogen) atoms. The molecule has 2 aliphatic rings. The summed E-state index contributed by atoms with van der Waals surface area (Å²) in [5.74, 6) is 1.71. The number of nitrogens with zero attached hydrogens (tertiary/aromatic N) is 8. The van der Waals surface area contributed by atoms with Crippen LogP contribution in [0.4, 0.5) is 17.7 Å². The number of aromatic nitrogens is 5. The van der Waals surface area contributed by atoms with E-state index in [4.69, 9.17) is 20.7 Å².